The monoisotopic (exact) mass is 222 g/mol. The van der Waals surface area contributed by atoms with Crippen LogP contribution in [0.5, 0.6) is 0 Å². The molecule has 16 heavy (non-hydrogen) atoms. The Morgan fingerprint density at radius 3 is 2.62 bits per heavy atom. The maximum absolute atomic E-state index is 11.8. The van der Waals surface area contributed by atoms with Crippen LogP contribution in [0, 0.1) is 10.6 Å². The number of aromatic nitrogens is 1. The van der Waals surface area contributed by atoms with Gasteiger partial charge in [-0.15, -0.1) is 0 Å². The summed E-state index contributed by atoms with van der Waals surface area (Å²) in [6.07, 6.45) is 2.62. The summed E-state index contributed by atoms with van der Waals surface area (Å²) in [5.41, 5.74) is 0.381. The molecule has 1 amide bonds. The van der Waals surface area contributed by atoms with Gasteiger partial charge in [0.2, 0.25) is 0 Å². The molecule has 0 aliphatic carbocycles. The lowest BCUT2D eigenvalue weighted by molar-refractivity contribution is -0.605. The normalized spacial score (nSPS) is 13.2. The zero-order valence-electron chi connectivity index (χ0n) is 10.2. The highest BCUT2D eigenvalue weighted by atomic mass is 16.5. The van der Waals surface area contributed by atoms with Gasteiger partial charge in [-0.3, -0.25) is 4.79 Å². The molecule has 0 radical (unpaired) electrons. The molecule has 1 aromatic rings. The van der Waals surface area contributed by atoms with Crippen LogP contribution < -0.4 is 10.0 Å². The summed E-state index contributed by atoms with van der Waals surface area (Å²) in [7, 11) is 0. The van der Waals surface area contributed by atoms with E-state index in [0.717, 1.165) is 0 Å². The minimum atomic E-state index is -0.215. The van der Waals surface area contributed by atoms with Gasteiger partial charge in [-0.25, -0.2) is 0 Å². The molecule has 88 valence electrons. The minimum absolute atomic E-state index is 0.00211. The fourth-order valence-corrected chi connectivity index (χ4v) is 1.09. The Hall–Kier alpha value is -1.58. The van der Waals surface area contributed by atoms with E-state index in [-0.39, 0.29) is 17.4 Å². The van der Waals surface area contributed by atoms with Gasteiger partial charge in [-0.1, -0.05) is 20.8 Å². The predicted octanol–water partition coefficient (Wildman–Crippen LogP) is 1.48. The van der Waals surface area contributed by atoms with E-state index < -0.39 is 0 Å². The Morgan fingerprint density at radius 1 is 1.50 bits per heavy atom. The number of pyridine rings is 1. The van der Waals surface area contributed by atoms with Crippen molar-refractivity contribution in [3.8, 4) is 0 Å². The molecule has 0 aromatic carbocycles. The number of carbonyl (C=O) groups excluding carboxylic acids is 1. The number of nitrogens with zero attached hydrogens (tertiary/aromatic N) is 1. The van der Waals surface area contributed by atoms with Gasteiger partial charge in [-0.05, 0) is 18.4 Å². The van der Waals surface area contributed by atoms with Gasteiger partial charge in [0.15, 0.2) is 12.4 Å². The SMILES string of the molecule is CC(NC(=O)c1ccc[n+]([O-])c1)C(C)(C)C. The number of hydrogen-bond acceptors (Lipinski definition) is 2. The average molecular weight is 222 g/mol. The van der Waals surface area contributed by atoms with E-state index >= 15 is 0 Å². The third-order valence-corrected chi connectivity index (χ3v) is 2.68. The van der Waals surface area contributed by atoms with Crippen molar-refractivity contribution in [1.29, 1.82) is 0 Å². The molecule has 0 saturated carbocycles. The lowest BCUT2D eigenvalue weighted by Crippen LogP contribution is -2.42. The van der Waals surface area contributed by atoms with Gasteiger partial charge in [-0.2, -0.15) is 4.73 Å². The number of nitrogens with one attached hydrogen (secondary N) is 1. The highest BCUT2D eigenvalue weighted by Gasteiger charge is 2.22. The summed E-state index contributed by atoms with van der Waals surface area (Å²) in [5.74, 6) is -0.215. The zero-order chi connectivity index (χ0) is 12.3. The molecule has 4 heteroatoms. The third-order valence-electron chi connectivity index (χ3n) is 2.68. The molecular formula is C12H18N2O2. The van der Waals surface area contributed by atoms with Crippen molar-refractivity contribution in [2.24, 2.45) is 5.41 Å². The molecule has 1 rings (SSSR count). The first kappa shape index (κ1) is 12.5. The molecule has 1 aromatic heterocycles. The van der Waals surface area contributed by atoms with Gasteiger partial charge in [0.25, 0.3) is 5.91 Å². The molecule has 0 aliphatic rings. The molecule has 1 heterocycles. The van der Waals surface area contributed by atoms with Crippen LogP contribution in [0.1, 0.15) is 38.1 Å². The molecule has 4 nitrogen and oxygen atoms in total. The fourth-order valence-electron chi connectivity index (χ4n) is 1.09. The maximum Gasteiger partial charge on any atom is 0.257 e. The van der Waals surface area contributed by atoms with Gasteiger partial charge in [0.1, 0.15) is 5.56 Å². The minimum Gasteiger partial charge on any atom is -0.619 e. The predicted molar refractivity (Wildman–Crippen MR) is 61.8 cm³/mol. The average Bonchev–Trinajstić information content (AvgIpc) is 2.16. The van der Waals surface area contributed by atoms with Crippen molar-refractivity contribution in [2.75, 3.05) is 0 Å². The molecule has 1 unspecified atom stereocenters. The van der Waals surface area contributed by atoms with Crippen LogP contribution in [0.25, 0.3) is 0 Å². The summed E-state index contributed by atoms with van der Waals surface area (Å²) < 4.78 is 0.622. The molecule has 0 spiro atoms. The zero-order valence-corrected chi connectivity index (χ0v) is 10.2. The van der Waals surface area contributed by atoms with E-state index in [1.54, 1.807) is 12.1 Å². The van der Waals surface area contributed by atoms with Crippen molar-refractivity contribution in [3.63, 3.8) is 0 Å². The van der Waals surface area contributed by atoms with E-state index in [0.29, 0.717) is 10.3 Å². The van der Waals surface area contributed by atoms with E-state index in [1.807, 2.05) is 6.92 Å². The fraction of sp³-hybridized carbons (Fsp3) is 0.500. The quantitative estimate of drug-likeness (QED) is 0.608. The van der Waals surface area contributed by atoms with Crippen LogP contribution in [0.4, 0.5) is 0 Å². The third kappa shape index (κ3) is 3.22. The number of carbonyl (C=O) groups is 1. The molecule has 0 saturated heterocycles. The first-order valence-corrected chi connectivity index (χ1v) is 5.30. The standard InChI is InChI=1S/C12H18N2O2/c1-9(12(2,3)4)13-11(15)10-6-5-7-14(16)8-10/h5-9H,1-4H3,(H,13,15). The molecule has 0 aliphatic heterocycles. The summed E-state index contributed by atoms with van der Waals surface area (Å²) >= 11 is 0. The number of rotatable bonds is 2. The lowest BCUT2D eigenvalue weighted by atomic mass is 9.88. The second-order valence-electron chi connectivity index (χ2n) is 5.01. The first-order valence-electron chi connectivity index (χ1n) is 5.30. The maximum atomic E-state index is 11.8. The largest absolute Gasteiger partial charge is 0.619 e. The topological polar surface area (TPSA) is 56.0 Å². The molecule has 0 bridgehead atoms. The summed E-state index contributed by atoms with van der Waals surface area (Å²) in [6, 6.07) is 3.23. The van der Waals surface area contributed by atoms with E-state index in [9.17, 15) is 10.0 Å². The molecule has 1 N–H and O–H groups in total. The smallest absolute Gasteiger partial charge is 0.257 e. The van der Waals surface area contributed by atoms with Gasteiger partial charge >= 0.3 is 0 Å². The highest BCUT2D eigenvalue weighted by molar-refractivity contribution is 5.93. The van der Waals surface area contributed by atoms with Gasteiger partial charge in [0, 0.05) is 12.1 Å². The number of hydrogen-bond donors (Lipinski definition) is 1. The van der Waals surface area contributed by atoms with E-state index in [4.69, 9.17) is 0 Å². The first-order chi connectivity index (χ1) is 7.30. The van der Waals surface area contributed by atoms with Crippen molar-refractivity contribution in [1.82, 2.24) is 5.32 Å². The van der Waals surface area contributed by atoms with Crippen molar-refractivity contribution >= 4 is 5.91 Å². The summed E-state index contributed by atoms with van der Waals surface area (Å²) in [4.78, 5) is 11.8. The van der Waals surface area contributed by atoms with Crippen LogP contribution in [-0.4, -0.2) is 11.9 Å². The molecule has 0 fully saturated rings. The van der Waals surface area contributed by atoms with E-state index in [1.165, 1.54) is 12.4 Å². The van der Waals surface area contributed by atoms with Crippen LogP contribution >= 0.6 is 0 Å². The van der Waals surface area contributed by atoms with E-state index in [2.05, 4.69) is 26.1 Å². The molecule has 1 atom stereocenters. The molecular weight excluding hydrogens is 204 g/mol. The Morgan fingerprint density at radius 2 is 2.12 bits per heavy atom. The second-order valence-corrected chi connectivity index (χ2v) is 5.01. The number of amides is 1. The van der Waals surface area contributed by atoms with Crippen molar-refractivity contribution in [2.45, 2.75) is 33.7 Å². The van der Waals surface area contributed by atoms with Gasteiger partial charge < -0.3 is 10.5 Å². The summed E-state index contributed by atoms with van der Waals surface area (Å²) in [5, 5.41) is 13.9. The summed E-state index contributed by atoms with van der Waals surface area (Å²) in [6.45, 7) is 8.11. The van der Waals surface area contributed by atoms with Crippen LogP contribution in [-0.2, 0) is 0 Å². The van der Waals surface area contributed by atoms with Crippen LogP contribution in [0.2, 0.25) is 0 Å². The van der Waals surface area contributed by atoms with Gasteiger partial charge in [0.05, 0.1) is 0 Å². The Balaban J connectivity index is 2.74. The Kier molecular flexibility index (Phi) is 3.52. The van der Waals surface area contributed by atoms with Crippen molar-refractivity contribution < 1.29 is 9.52 Å². The highest BCUT2D eigenvalue weighted by Crippen LogP contribution is 2.18. The Bertz CT molecular complexity index is 383. The van der Waals surface area contributed by atoms with Crippen LogP contribution in [0.15, 0.2) is 24.5 Å². The van der Waals surface area contributed by atoms with Crippen molar-refractivity contribution in [3.05, 3.63) is 35.3 Å². The lowest BCUT2D eigenvalue weighted by Gasteiger charge is -2.27. The Labute approximate surface area is 95.9 Å². The second kappa shape index (κ2) is 4.51. The van der Waals surface area contributed by atoms with Crippen LogP contribution in [0.3, 0.4) is 0 Å².